The second kappa shape index (κ2) is 5.90. The summed E-state index contributed by atoms with van der Waals surface area (Å²) in [5.41, 5.74) is 0. The van der Waals surface area contributed by atoms with Crippen molar-refractivity contribution in [3.8, 4) is 0 Å². The standard InChI is InChI=1S/C12H19N3O4/c16-10-9(2-1-5-13-10)15-12(19)14-8-4-3-7(6-8)11(17)18/h7-9H,1-6H2,(H,13,16)(H,17,18)(H2,14,15,19). The zero-order valence-corrected chi connectivity index (χ0v) is 10.6. The Labute approximate surface area is 111 Å². The first kappa shape index (κ1) is 13.6. The lowest BCUT2D eigenvalue weighted by Gasteiger charge is -2.23. The number of amides is 3. The number of carboxylic acids is 1. The van der Waals surface area contributed by atoms with Crippen molar-refractivity contribution < 1.29 is 19.5 Å². The monoisotopic (exact) mass is 269 g/mol. The molecule has 1 aliphatic heterocycles. The van der Waals surface area contributed by atoms with Crippen LogP contribution in [0.3, 0.4) is 0 Å². The number of urea groups is 1. The van der Waals surface area contributed by atoms with Crippen LogP contribution in [0.1, 0.15) is 32.1 Å². The molecule has 3 unspecified atom stereocenters. The fourth-order valence-electron chi connectivity index (χ4n) is 2.63. The lowest BCUT2D eigenvalue weighted by atomic mass is 10.1. The minimum atomic E-state index is -0.809. The number of rotatable bonds is 3. The van der Waals surface area contributed by atoms with E-state index in [2.05, 4.69) is 16.0 Å². The zero-order chi connectivity index (χ0) is 13.8. The maximum atomic E-state index is 11.7. The molecule has 0 bridgehead atoms. The smallest absolute Gasteiger partial charge is 0.315 e. The van der Waals surface area contributed by atoms with Crippen molar-refractivity contribution in [2.75, 3.05) is 6.54 Å². The first-order valence-corrected chi connectivity index (χ1v) is 6.64. The zero-order valence-electron chi connectivity index (χ0n) is 10.6. The van der Waals surface area contributed by atoms with Crippen LogP contribution >= 0.6 is 0 Å². The third-order valence-corrected chi connectivity index (χ3v) is 3.71. The second-order valence-electron chi connectivity index (χ2n) is 5.15. The van der Waals surface area contributed by atoms with Gasteiger partial charge in [-0.05, 0) is 32.1 Å². The molecule has 2 aliphatic rings. The highest BCUT2D eigenvalue weighted by Crippen LogP contribution is 2.25. The molecule has 0 spiro atoms. The summed E-state index contributed by atoms with van der Waals surface area (Å²) >= 11 is 0. The van der Waals surface area contributed by atoms with Gasteiger partial charge in [0.05, 0.1) is 5.92 Å². The largest absolute Gasteiger partial charge is 0.481 e. The van der Waals surface area contributed by atoms with Gasteiger partial charge in [0.15, 0.2) is 0 Å². The van der Waals surface area contributed by atoms with Gasteiger partial charge in [-0.25, -0.2) is 4.79 Å². The predicted molar refractivity (Wildman–Crippen MR) is 66.5 cm³/mol. The van der Waals surface area contributed by atoms with Gasteiger partial charge in [-0.1, -0.05) is 0 Å². The van der Waals surface area contributed by atoms with E-state index in [0.29, 0.717) is 32.2 Å². The molecule has 4 N–H and O–H groups in total. The van der Waals surface area contributed by atoms with Crippen LogP contribution in [0.25, 0.3) is 0 Å². The Bertz CT molecular complexity index is 385. The number of carbonyl (C=O) groups is 3. The molecule has 2 rings (SSSR count). The van der Waals surface area contributed by atoms with Gasteiger partial charge in [0.1, 0.15) is 6.04 Å². The maximum Gasteiger partial charge on any atom is 0.315 e. The summed E-state index contributed by atoms with van der Waals surface area (Å²) in [7, 11) is 0. The van der Waals surface area contributed by atoms with E-state index in [1.165, 1.54) is 0 Å². The summed E-state index contributed by atoms with van der Waals surface area (Å²) in [6, 6.07) is -0.990. The van der Waals surface area contributed by atoms with Crippen molar-refractivity contribution in [1.82, 2.24) is 16.0 Å². The topological polar surface area (TPSA) is 108 Å². The first-order chi connectivity index (χ1) is 9.06. The van der Waals surface area contributed by atoms with Gasteiger partial charge in [-0.15, -0.1) is 0 Å². The second-order valence-corrected chi connectivity index (χ2v) is 5.15. The molecule has 19 heavy (non-hydrogen) atoms. The van der Waals surface area contributed by atoms with Gasteiger partial charge in [-0.3, -0.25) is 9.59 Å². The fourth-order valence-corrected chi connectivity index (χ4v) is 2.63. The Hall–Kier alpha value is -1.79. The van der Waals surface area contributed by atoms with E-state index < -0.39 is 18.0 Å². The van der Waals surface area contributed by atoms with Gasteiger partial charge < -0.3 is 21.1 Å². The average Bonchev–Trinajstić information content (AvgIpc) is 2.80. The summed E-state index contributed by atoms with van der Waals surface area (Å²) in [4.78, 5) is 34.0. The molecule has 0 aromatic rings. The van der Waals surface area contributed by atoms with E-state index in [1.807, 2.05) is 0 Å². The lowest BCUT2D eigenvalue weighted by Crippen LogP contribution is -2.53. The number of carbonyl (C=O) groups excluding carboxylic acids is 2. The minimum Gasteiger partial charge on any atom is -0.481 e. The van der Waals surface area contributed by atoms with Crippen LogP contribution in [0, 0.1) is 5.92 Å². The molecular weight excluding hydrogens is 250 g/mol. The van der Waals surface area contributed by atoms with Crippen molar-refractivity contribution in [1.29, 1.82) is 0 Å². The summed E-state index contributed by atoms with van der Waals surface area (Å²) in [6.45, 7) is 0.654. The number of carboxylic acid groups (broad SMARTS) is 1. The Morgan fingerprint density at radius 1 is 1.21 bits per heavy atom. The number of nitrogens with one attached hydrogen (secondary N) is 3. The first-order valence-electron chi connectivity index (χ1n) is 6.64. The molecule has 1 heterocycles. The van der Waals surface area contributed by atoms with Crippen molar-refractivity contribution in [3.63, 3.8) is 0 Å². The number of aliphatic carboxylic acids is 1. The van der Waals surface area contributed by atoms with Crippen LogP contribution in [0.5, 0.6) is 0 Å². The van der Waals surface area contributed by atoms with Gasteiger partial charge in [0, 0.05) is 12.6 Å². The van der Waals surface area contributed by atoms with Gasteiger partial charge >= 0.3 is 12.0 Å². The Morgan fingerprint density at radius 2 is 2.00 bits per heavy atom. The fraction of sp³-hybridized carbons (Fsp3) is 0.750. The Balaban J connectivity index is 1.75. The molecule has 3 atom stereocenters. The van der Waals surface area contributed by atoms with Crippen LogP contribution in [0.4, 0.5) is 4.79 Å². The molecule has 106 valence electrons. The Morgan fingerprint density at radius 3 is 2.63 bits per heavy atom. The van der Waals surface area contributed by atoms with Crippen molar-refractivity contribution >= 4 is 17.9 Å². The van der Waals surface area contributed by atoms with E-state index in [9.17, 15) is 14.4 Å². The van der Waals surface area contributed by atoms with Crippen LogP contribution in [0.2, 0.25) is 0 Å². The lowest BCUT2D eigenvalue weighted by molar-refractivity contribution is -0.141. The molecule has 3 amide bonds. The molecule has 0 radical (unpaired) electrons. The summed E-state index contributed by atoms with van der Waals surface area (Å²) < 4.78 is 0. The van der Waals surface area contributed by atoms with E-state index in [4.69, 9.17) is 5.11 Å². The van der Waals surface area contributed by atoms with E-state index in [-0.39, 0.29) is 17.9 Å². The number of piperidine rings is 1. The third-order valence-electron chi connectivity index (χ3n) is 3.71. The molecule has 1 saturated heterocycles. The van der Waals surface area contributed by atoms with E-state index >= 15 is 0 Å². The minimum absolute atomic E-state index is 0.118. The highest BCUT2D eigenvalue weighted by molar-refractivity contribution is 5.87. The molecule has 7 nitrogen and oxygen atoms in total. The molecular formula is C12H19N3O4. The molecule has 1 saturated carbocycles. The maximum absolute atomic E-state index is 11.7. The summed E-state index contributed by atoms with van der Waals surface area (Å²) in [5.74, 6) is -1.34. The van der Waals surface area contributed by atoms with Crippen molar-refractivity contribution in [2.24, 2.45) is 5.92 Å². The van der Waals surface area contributed by atoms with Gasteiger partial charge in [0.2, 0.25) is 5.91 Å². The Kier molecular flexibility index (Phi) is 4.24. The van der Waals surface area contributed by atoms with E-state index in [1.54, 1.807) is 0 Å². The summed E-state index contributed by atoms with van der Waals surface area (Å²) in [6.07, 6.45) is 3.20. The highest BCUT2D eigenvalue weighted by Gasteiger charge is 2.31. The van der Waals surface area contributed by atoms with Crippen molar-refractivity contribution in [2.45, 2.75) is 44.2 Å². The van der Waals surface area contributed by atoms with Crippen LogP contribution in [-0.4, -0.2) is 41.6 Å². The van der Waals surface area contributed by atoms with E-state index in [0.717, 1.165) is 6.42 Å². The summed E-state index contributed by atoms with van der Waals surface area (Å²) in [5, 5.41) is 16.9. The van der Waals surface area contributed by atoms with Crippen LogP contribution in [0.15, 0.2) is 0 Å². The number of hydrogen-bond acceptors (Lipinski definition) is 3. The molecule has 0 aromatic carbocycles. The molecule has 0 aromatic heterocycles. The average molecular weight is 269 g/mol. The van der Waals surface area contributed by atoms with Gasteiger partial charge in [-0.2, -0.15) is 0 Å². The quantitative estimate of drug-likeness (QED) is 0.570. The third kappa shape index (κ3) is 3.59. The molecule has 2 fully saturated rings. The SMILES string of the molecule is O=C(NC1CCC(C(=O)O)C1)NC1CCCNC1=O. The number of hydrogen-bond donors (Lipinski definition) is 4. The van der Waals surface area contributed by atoms with Crippen molar-refractivity contribution in [3.05, 3.63) is 0 Å². The molecule has 1 aliphatic carbocycles. The van der Waals surface area contributed by atoms with Crippen LogP contribution in [-0.2, 0) is 9.59 Å². The molecule has 7 heteroatoms. The predicted octanol–water partition coefficient (Wildman–Crippen LogP) is -0.182. The normalized spacial score (nSPS) is 30.5. The highest BCUT2D eigenvalue weighted by atomic mass is 16.4. The van der Waals surface area contributed by atoms with Crippen LogP contribution < -0.4 is 16.0 Å². The van der Waals surface area contributed by atoms with Gasteiger partial charge in [0.25, 0.3) is 0 Å².